The van der Waals surface area contributed by atoms with E-state index >= 15 is 0 Å². The monoisotopic (exact) mass is 415 g/mol. The summed E-state index contributed by atoms with van der Waals surface area (Å²) in [4.78, 5) is 11.0. The lowest BCUT2D eigenvalue weighted by molar-refractivity contribution is -0.138. The van der Waals surface area contributed by atoms with Crippen molar-refractivity contribution in [2.24, 2.45) is 5.92 Å². The van der Waals surface area contributed by atoms with Crippen molar-refractivity contribution in [1.29, 1.82) is 0 Å². The number of ether oxygens (including phenoxy) is 1. The maximum atomic E-state index is 11.0. The zero-order chi connectivity index (χ0) is 22.0. The summed E-state index contributed by atoms with van der Waals surface area (Å²) in [5.74, 6) is 0.892. The van der Waals surface area contributed by atoms with E-state index in [1.54, 1.807) is 0 Å². The summed E-state index contributed by atoms with van der Waals surface area (Å²) in [6, 6.07) is 24.4. The highest BCUT2D eigenvalue weighted by Gasteiger charge is 2.43. The van der Waals surface area contributed by atoms with Gasteiger partial charge >= 0.3 is 5.97 Å². The first-order valence-electron chi connectivity index (χ1n) is 10.7. The minimum absolute atomic E-state index is 0.124. The van der Waals surface area contributed by atoms with Crippen molar-refractivity contribution in [1.82, 2.24) is 0 Å². The van der Waals surface area contributed by atoms with Crippen LogP contribution >= 0.6 is 0 Å². The Hall–Kier alpha value is -3.27. The molecule has 0 unspecified atom stereocenters. The van der Waals surface area contributed by atoms with E-state index in [1.165, 1.54) is 5.56 Å². The molecule has 2 N–H and O–H groups in total. The number of aliphatic carboxylic acids is 1. The van der Waals surface area contributed by atoms with Crippen molar-refractivity contribution in [2.45, 2.75) is 45.1 Å². The van der Waals surface area contributed by atoms with E-state index in [9.17, 15) is 4.79 Å². The number of nitrogens with one attached hydrogen (secondary N) is 1. The van der Waals surface area contributed by atoms with E-state index in [4.69, 9.17) is 9.84 Å². The van der Waals surface area contributed by atoms with Gasteiger partial charge < -0.3 is 15.2 Å². The normalized spacial score (nSPS) is 17.8. The number of hydrogen-bond donors (Lipinski definition) is 2. The molecule has 4 nitrogen and oxygen atoms in total. The molecule has 0 radical (unpaired) electrons. The van der Waals surface area contributed by atoms with Crippen LogP contribution in [0, 0.1) is 5.92 Å². The van der Waals surface area contributed by atoms with Gasteiger partial charge in [0.05, 0.1) is 5.92 Å². The fourth-order valence-electron chi connectivity index (χ4n) is 3.77. The quantitative estimate of drug-likeness (QED) is 0.458. The minimum Gasteiger partial charge on any atom is -0.481 e. The molecule has 3 aromatic rings. The van der Waals surface area contributed by atoms with Gasteiger partial charge in [-0.15, -0.1) is 0 Å². The van der Waals surface area contributed by atoms with Crippen LogP contribution in [0.1, 0.15) is 49.8 Å². The molecule has 0 aliphatic heterocycles. The van der Waals surface area contributed by atoms with Crippen molar-refractivity contribution in [3.05, 3.63) is 89.5 Å². The molecule has 1 fully saturated rings. The van der Waals surface area contributed by atoms with Gasteiger partial charge in [0.25, 0.3) is 0 Å². The SMILES string of the molecule is CC(C)(C)c1ccc(Oc2cccc(CNc3ccc([C@@H]4C[C@H]4C(=O)O)cc3)c2)cc1. The molecule has 1 aliphatic rings. The van der Waals surface area contributed by atoms with Gasteiger partial charge in [0.2, 0.25) is 0 Å². The number of anilines is 1. The third-order valence-electron chi connectivity index (χ3n) is 5.80. The predicted molar refractivity (Wildman–Crippen MR) is 124 cm³/mol. The molecule has 0 amide bonds. The summed E-state index contributed by atoms with van der Waals surface area (Å²) >= 11 is 0. The van der Waals surface area contributed by atoms with Crippen molar-refractivity contribution >= 4 is 11.7 Å². The second kappa shape index (κ2) is 8.46. The van der Waals surface area contributed by atoms with Crippen LogP contribution in [0.25, 0.3) is 0 Å². The summed E-state index contributed by atoms with van der Waals surface area (Å²) in [6.07, 6.45) is 0.744. The first kappa shape index (κ1) is 21.0. The van der Waals surface area contributed by atoms with Crippen LogP contribution in [-0.2, 0) is 16.8 Å². The van der Waals surface area contributed by atoms with Gasteiger partial charge in [-0.1, -0.05) is 57.2 Å². The molecule has 31 heavy (non-hydrogen) atoms. The van der Waals surface area contributed by atoms with Gasteiger partial charge in [-0.25, -0.2) is 0 Å². The molecule has 0 spiro atoms. The van der Waals surface area contributed by atoms with E-state index in [2.05, 4.69) is 44.3 Å². The van der Waals surface area contributed by atoms with Crippen molar-refractivity contribution in [2.75, 3.05) is 5.32 Å². The number of carboxylic acids is 1. The fraction of sp³-hybridized carbons (Fsp3) is 0.296. The second-order valence-corrected chi connectivity index (χ2v) is 9.29. The summed E-state index contributed by atoms with van der Waals surface area (Å²) in [6.45, 7) is 7.28. The molecule has 0 saturated heterocycles. The molecular weight excluding hydrogens is 386 g/mol. The Bertz CT molecular complexity index is 1050. The molecule has 2 atom stereocenters. The number of hydrogen-bond acceptors (Lipinski definition) is 3. The number of carboxylic acid groups (broad SMARTS) is 1. The van der Waals surface area contributed by atoms with Crippen LogP contribution in [0.15, 0.2) is 72.8 Å². The summed E-state index contributed by atoms with van der Waals surface area (Å²) in [5.41, 5.74) is 4.65. The standard InChI is InChI=1S/C27H29NO3/c1-27(2,3)20-9-13-22(14-10-20)31-23-6-4-5-18(15-23)17-28-21-11-7-19(8-12-21)24-16-25(24)26(29)30/h4-15,24-25,28H,16-17H2,1-3H3,(H,29,30)/t24-,25+/m0/s1. The third kappa shape index (κ3) is 5.26. The Balaban J connectivity index is 1.34. The summed E-state index contributed by atoms with van der Waals surface area (Å²) in [7, 11) is 0. The van der Waals surface area contributed by atoms with E-state index < -0.39 is 5.97 Å². The van der Waals surface area contributed by atoms with Crippen LogP contribution in [0.4, 0.5) is 5.69 Å². The highest BCUT2D eigenvalue weighted by atomic mass is 16.5. The molecule has 1 saturated carbocycles. The van der Waals surface area contributed by atoms with Crippen LogP contribution < -0.4 is 10.1 Å². The molecule has 3 aromatic carbocycles. The van der Waals surface area contributed by atoms with Gasteiger partial charge in [-0.2, -0.15) is 0 Å². The number of benzene rings is 3. The number of carbonyl (C=O) groups is 1. The number of rotatable bonds is 7. The lowest BCUT2D eigenvalue weighted by Gasteiger charge is -2.19. The van der Waals surface area contributed by atoms with Gasteiger partial charge in [-0.3, -0.25) is 4.79 Å². The average Bonchev–Trinajstić information content (AvgIpc) is 3.54. The van der Waals surface area contributed by atoms with Gasteiger partial charge in [0, 0.05) is 12.2 Å². The highest BCUT2D eigenvalue weighted by Crippen LogP contribution is 2.47. The van der Waals surface area contributed by atoms with Crippen LogP contribution in [-0.4, -0.2) is 11.1 Å². The second-order valence-electron chi connectivity index (χ2n) is 9.29. The Morgan fingerprint density at radius 1 is 1.00 bits per heavy atom. The van der Waals surface area contributed by atoms with Crippen molar-refractivity contribution < 1.29 is 14.6 Å². The maximum absolute atomic E-state index is 11.0. The van der Waals surface area contributed by atoms with E-state index in [-0.39, 0.29) is 17.3 Å². The largest absolute Gasteiger partial charge is 0.481 e. The third-order valence-corrected chi connectivity index (χ3v) is 5.80. The Kier molecular flexibility index (Phi) is 5.73. The topological polar surface area (TPSA) is 58.6 Å². The van der Waals surface area contributed by atoms with Crippen LogP contribution in [0.3, 0.4) is 0 Å². The average molecular weight is 416 g/mol. The fourth-order valence-corrected chi connectivity index (χ4v) is 3.77. The zero-order valence-corrected chi connectivity index (χ0v) is 18.3. The molecule has 4 heteroatoms. The predicted octanol–water partition coefficient (Wildman–Crippen LogP) is 6.58. The summed E-state index contributed by atoms with van der Waals surface area (Å²) in [5, 5.41) is 12.5. The molecule has 1 aliphatic carbocycles. The highest BCUT2D eigenvalue weighted by molar-refractivity contribution is 5.75. The van der Waals surface area contributed by atoms with E-state index in [0.717, 1.165) is 34.7 Å². The minimum atomic E-state index is -0.695. The first-order chi connectivity index (χ1) is 14.8. The Morgan fingerprint density at radius 3 is 2.32 bits per heavy atom. The molecule has 0 heterocycles. The van der Waals surface area contributed by atoms with E-state index in [1.807, 2.05) is 54.6 Å². The van der Waals surface area contributed by atoms with Crippen molar-refractivity contribution in [3.8, 4) is 11.5 Å². The van der Waals surface area contributed by atoms with E-state index in [0.29, 0.717) is 6.54 Å². The molecule has 4 rings (SSSR count). The Labute approximate surface area is 183 Å². The molecular formula is C27H29NO3. The molecule has 160 valence electrons. The maximum Gasteiger partial charge on any atom is 0.307 e. The molecule has 0 bridgehead atoms. The van der Waals surface area contributed by atoms with Gasteiger partial charge in [0.1, 0.15) is 11.5 Å². The zero-order valence-electron chi connectivity index (χ0n) is 18.3. The first-order valence-corrected chi connectivity index (χ1v) is 10.7. The van der Waals surface area contributed by atoms with Gasteiger partial charge in [-0.05, 0) is 70.8 Å². The lowest BCUT2D eigenvalue weighted by Crippen LogP contribution is -2.10. The Morgan fingerprint density at radius 2 is 1.71 bits per heavy atom. The van der Waals surface area contributed by atoms with Gasteiger partial charge in [0.15, 0.2) is 0 Å². The smallest absolute Gasteiger partial charge is 0.307 e. The van der Waals surface area contributed by atoms with Crippen molar-refractivity contribution in [3.63, 3.8) is 0 Å². The van der Waals surface area contributed by atoms with Crippen LogP contribution in [0.2, 0.25) is 0 Å². The van der Waals surface area contributed by atoms with Crippen LogP contribution in [0.5, 0.6) is 11.5 Å². The molecule has 0 aromatic heterocycles. The summed E-state index contributed by atoms with van der Waals surface area (Å²) < 4.78 is 6.04. The lowest BCUT2D eigenvalue weighted by atomic mass is 9.87.